The highest BCUT2D eigenvalue weighted by Gasteiger charge is 2.16. The average molecular weight is 275 g/mol. The lowest BCUT2D eigenvalue weighted by molar-refractivity contribution is 0.101. The first-order valence-corrected chi connectivity index (χ1v) is 6.66. The molecular weight excluding hydrogens is 257 g/mol. The molecule has 0 aliphatic carbocycles. The summed E-state index contributed by atoms with van der Waals surface area (Å²) in [5, 5.41) is 7.15. The first-order valence-electron chi connectivity index (χ1n) is 6.66. The molecule has 20 heavy (non-hydrogen) atoms. The van der Waals surface area contributed by atoms with Crippen molar-refractivity contribution in [3.8, 4) is 0 Å². The van der Waals surface area contributed by atoms with Gasteiger partial charge in [-0.05, 0) is 43.2 Å². The van der Waals surface area contributed by atoms with Crippen molar-refractivity contribution in [1.29, 1.82) is 0 Å². The molecule has 4 nitrogen and oxygen atoms in total. The van der Waals surface area contributed by atoms with Crippen molar-refractivity contribution in [2.75, 3.05) is 5.32 Å². The summed E-state index contributed by atoms with van der Waals surface area (Å²) in [6.45, 7) is 6.62. The van der Waals surface area contributed by atoms with E-state index in [0.29, 0.717) is 17.9 Å². The van der Waals surface area contributed by atoms with Crippen LogP contribution in [0, 0.1) is 5.82 Å². The number of anilines is 1. The Bertz CT molecular complexity index is 602. The number of aromatic nitrogens is 2. The Kier molecular flexibility index (Phi) is 4.17. The minimum absolute atomic E-state index is 0.238. The van der Waals surface area contributed by atoms with Gasteiger partial charge in [-0.3, -0.25) is 9.48 Å². The first-order chi connectivity index (χ1) is 9.51. The molecule has 1 N–H and O–H groups in total. The number of benzene rings is 1. The molecular formula is C15H18FN3O. The fraction of sp³-hybridized carbons (Fsp3) is 0.333. The van der Waals surface area contributed by atoms with Crippen LogP contribution < -0.4 is 5.32 Å². The molecule has 1 aromatic carbocycles. The number of nitrogens with zero attached hydrogens (tertiary/aromatic N) is 2. The molecule has 0 aliphatic heterocycles. The largest absolute Gasteiger partial charge is 0.321 e. The Labute approximate surface area is 117 Å². The maximum atomic E-state index is 12.8. The molecule has 2 rings (SSSR count). The number of aryl methyl sites for hydroxylation is 1. The van der Waals surface area contributed by atoms with Crippen LogP contribution in [0.15, 0.2) is 30.3 Å². The lowest BCUT2D eigenvalue weighted by atomic mass is 10.1. The van der Waals surface area contributed by atoms with Gasteiger partial charge in [-0.2, -0.15) is 5.10 Å². The van der Waals surface area contributed by atoms with Gasteiger partial charge in [-0.1, -0.05) is 13.8 Å². The number of nitrogens with one attached hydrogen (secondary N) is 1. The molecule has 1 aromatic heterocycles. The topological polar surface area (TPSA) is 46.9 Å². The Balaban J connectivity index is 2.22. The second-order valence-corrected chi connectivity index (χ2v) is 4.89. The highest BCUT2D eigenvalue weighted by Crippen LogP contribution is 2.16. The van der Waals surface area contributed by atoms with Gasteiger partial charge in [0.1, 0.15) is 11.5 Å². The number of hydrogen-bond acceptors (Lipinski definition) is 2. The van der Waals surface area contributed by atoms with Gasteiger partial charge in [-0.25, -0.2) is 4.39 Å². The summed E-state index contributed by atoms with van der Waals surface area (Å²) in [5.74, 6) is -0.304. The predicted octanol–water partition coefficient (Wildman–Crippen LogP) is 3.42. The zero-order valence-electron chi connectivity index (χ0n) is 11.9. The van der Waals surface area contributed by atoms with Crippen LogP contribution in [-0.4, -0.2) is 15.7 Å². The smallest absolute Gasteiger partial charge is 0.273 e. The van der Waals surface area contributed by atoms with Crippen molar-refractivity contribution < 1.29 is 9.18 Å². The molecule has 0 saturated heterocycles. The third kappa shape index (κ3) is 3.04. The summed E-state index contributed by atoms with van der Waals surface area (Å²) in [6, 6.07) is 7.48. The van der Waals surface area contributed by atoms with Crippen LogP contribution in [0.25, 0.3) is 0 Å². The third-order valence-corrected chi connectivity index (χ3v) is 3.02. The first kappa shape index (κ1) is 14.2. The molecule has 0 bridgehead atoms. The van der Waals surface area contributed by atoms with Crippen molar-refractivity contribution in [3.05, 3.63) is 47.5 Å². The molecule has 5 heteroatoms. The third-order valence-electron chi connectivity index (χ3n) is 3.02. The minimum Gasteiger partial charge on any atom is -0.321 e. The van der Waals surface area contributed by atoms with E-state index in [4.69, 9.17) is 0 Å². The van der Waals surface area contributed by atoms with Crippen LogP contribution in [0.2, 0.25) is 0 Å². The normalized spacial score (nSPS) is 10.8. The molecule has 0 radical (unpaired) electrons. The molecule has 0 atom stereocenters. The number of halogens is 1. The molecule has 0 unspecified atom stereocenters. The predicted molar refractivity (Wildman–Crippen MR) is 76.3 cm³/mol. The summed E-state index contributed by atoms with van der Waals surface area (Å²) in [7, 11) is 0. The van der Waals surface area contributed by atoms with Crippen LogP contribution >= 0.6 is 0 Å². The van der Waals surface area contributed by atoms with E-state index in [1.54, 1.807) is 10.7 Å². The molecule has 2 aromatic rings. The minimum atomic E-state index is -0.330. The number of rotatable bonds is 4. The Morgan fingerprint density at radius 1 is 1.35 bits per heavy atom. The monoisotopic (exact) mass is 275 g/mol. The maximum absolute atomic E-state index is 12.8. The van der Waals surface area contributed by atoms with E-state index in [9.17, 15) is 9.18 Å². The van der Waals surface area contributed by atoms with Gasteiger partial charge in [0.05, 0.1) is 5.69 Å². The fourth-order valence-corrected chi connectivity index (χ4v) is 1.87. The van der Waals surface area contributed by atoms with Crippen LogP contribution in [0.5, 0.6) is 0 Å². The number of carbonyl (C=O) groups is 1. The maximum Gasteiger partial charge on any atom is 0.273 e. The second kappa shape index (κ2) is 5.86. The highest BCUT2D eigenvalue weighted by molar-refractivity contribution is 6.03. The van der Waals surface area contributed by atoms with Gasteiger partial charge in [0.25, 0.3) is 5.91 Å². The Hall–Kier alpha value is -2.17. The lowest BCUT2D eigenvalue weighted by Crippen LogP contribution is -2.17. The fourth-order valence-electron chi connectivity index (χ4n) is 1.87. The van der Waals surface area contributed by atoms with Crippen LogP contribution in [-0.2, 0) is 6.54 Å². The van der Waals surface area contributed by atoms with E-state index < -0.39 is 0 Å². The Morgan fingerprint density at radius 2 is 2.00 bits per heavy atom. The van der Waals surface area contributed by atoms with Gasteiger partial charge in [0, 0.05) is 12.2 Å². The standard InChI is InChI=1S/C15H18FN3O/c1-4-19-14(9-13(18-19)10(2)3)15(20)17-12-7-5-11(16)6-8-12/h5-10H,4H2,1-3H3,(H,17,20). The van der Waals surface area contributed by atoms with Crippen molar-refractivity contribution in [2.24, 2.45) is 0 Å². The summed E-state index contributed by atoms with van der Waals surface area (Å²) >= 11 is 0. The molecule has 1 amide bonds. The van der Waals surface area contributed by atoms with E-state index in [1.165, 1.54) is 24.3 Å². The van der Waals surface area contributed by atoms with E-state index in [2.05, 4.69) is 10.4 Å². The van der Waals surface area contributed by atoms with Gasteiger partial charge >= 0.3 is 0 Å². The van der Waals surface area contributed by atoms with Crippen molar-refractivity contribution in [1.82, 2.24) is 9.78 Å². The second-order valence-electron chi connectivity index (χ2n) is 4.89. The summed E-state index contributed by atoms with van der Waals surface area (Å²) in [4.78, 5) is 12.2. The SMILES string of the molecule is CCn1nc(C(C)C)cc1C(=O)Nc1ccc(F)cc1. The quantitative estimate of drug-likeness (QED) is 0.929. The molecule has 106 valence electrons. The number of carbonyl (C=O) groups excluding carboxylic acids is 1. The van der Waals surface area contributed by atoms with Gasteiger partial charge in [0.2, 0.25) is 0 Å². The van der Waals surface area contributed by atoms with E-state index in [0.717, 1.165) is 5.69 Å². The van der Waals surface area contributed by atoms with Crippen molar-refractivity contribution in [2.45, 2.75) is 33.2 Å². The van der Waals surface area contributed by atoms with Crippen LogP contribution in [0.4, 0.5) is 10.1 Å². The van der Waals surface area contributed by atoms with Gasteiger partial charge in [-0.15, -0.1) is 0 Å². The average Bonchev–Trinajstić information content (AvgIpc) is 2.86. The van der Waals surface area contributed by atoms with E-state index in [-0.39, 0.29) is 17.6 Å². The van der Waals surface area contributed by atoms with E-state index in [1.807, 2.05) is 20.8 Å². The molecule has 0 saturated carbocycles. The molecule has 1 heterocycles. The zero-order chi connectivity index (χ0) is 14.7. The van der Waals surface area contributed by atoms with Crippen molar-refractivity contribution >= 4 is 11.6 Å². The van der Waals surface area contributed by atoms with Crippen LogP contribution in [0.3, 0.4) is 0 Å². The van der Waals surface area contributed by atoms with Crippen molar-refractivity contribution in [3.63, 3.8) is 0 Å². The zero-order valence-corrected chi connectivity index (χ0v) is 11.9. The number of amides is 1. The van der Waals surface area contributed by atoms with Crippen LogP contribution in [0.1, 0.15) is 42.9 Å². The molecule has 0 spiro atoms. The highest BCUT2D eigenvalue weighted by atomic mass is 19.1. The Morgan fingerprint density at radius 3 is 2.55 bits per heavy atom. The number of hydrogen-bond donors (Lipinski definition) is 1. The van der Waals surface area contributed by atoms with E-state index >= 15 is 0 Å². The summed E-state index contributed by atoms with van der Waals surface area (Å²) in [5.41, 5.74) is 1.96. The van der Waals surface area contributed by atoms with Gasteiger partial charge in [0.15, 0.2) is 0 Å². The molecule has 0 fully saturated rings. The molecule has 0 aliphatic rings. The lowest BCUT2D eigenvalue weighted by Gasteiger charge is -2.06. The summed E-state index contributed by atoms with van der Waals surface area (Å²) < 4.78 is 14.5. The summed E-state index contributed by atoms with van der Waals surface area (Å²) in [6.07, 6.45) is 0. The van der Waals surface area contributed by atoms with Gasteiger partial charge < -0.3 is 5.32 Å².